The molecule has 0 aliphatic carbocycles. The minimum absolute atomic E-state index is 0.0807. The minimum Gasteiger partial charge on any atom is -0.356 e. The number of hydrogen-bond acceptors (Lipinski definition) is 4. The summed E-state index contributed by atoms with van der Waals surface area (Å²) in [6, 6.07) is 20.5. The van der Waals surface area contributed by atoms with Crippen LogP contribution in [0.5, 0.6) is 0 Å². The molecule has 1 N–H and O–H groups in total. The van der Waals surface area contributed by atoms with Gasteiger partial charge in [0, 0.05) is 35.5 Å². The SMILES string of the molecule is CCC(=O)NC1CC(=O)N(c2ccc3c(-c4ccc(F)cc4)noc3c2)C1c1ccccc1. The second-order valence-corrected chi connectivity index (χ2v) is 8.07. The van der Waals surface area contributed by atoms with E-state index in [1.807, 2.05) is 42.5 Å². The normalized spacial score (nSPS) is 18.1. The standard InChI is InChI=1S/C26H22FN3O3/c1-2-23(31)28-21-15-24(32)30(26(21)17-6-4-3-5-7-17)19-12-13-20-22(14-19)33-29-25(20)16-8-10-18(27)11-9-16/h3-14,21,26H,2,15H2,1H3,(H,28,31). The number of benzene rings is 3. The van der Waals surface area contributed by atoms with Crippen molar-refractivity contribution in [2.45, 2.75) is 31.8 Å². The fraction of sp³-hybridized carbons (Fsp3) is 0.192. The van der Waals surface area contributed by atoms with Crippen LogP contribution in [0.2, 0.25) is 0 Å². The van der Waals surface area contributed by atoms with Crippen LogP contribution in [-0.2, 0) is 9.59 Å². The molecule has 1 aliphatic heterocycles. The van der Waals surface area contributed by atoms with Crippen molar-refractivity contribution in [1.29, 1.82) is 0 Å². The van der Waals surface area contributed by atoms with Crippen LogP contribution in [0.3, 0.4) is 0 Å². The molecule has 0 spiro atoms. The Bertz CT molecular complexity index is 1320. The van der Waals surface area contributed by atoms with E-state index in [0.717, 1.165) is 16.5 Å². The molecule has 4 aromatic rings. The summed E-state index contributed by atoms with van der Waals surface area (Å²) >= 11 is 0. The van der Waals surface area contributed by atoms with Crippen LogP contribution in [0.1, 0.15) is 31.4 Å². The highest BCUT2D eigenvalue weighted by Gasteiger charge is 2.42. The van der Waals surface area contributed by atoms with Gasteiger partial charge in [0.25, 0.3) is 0 Å². The van der Waals surface area contributed by atoms with Crippen molar-refractivity contribution < 1.29 is 18.5 Å². The number of fused-ring (bicyclic) bond motifs is 1. The number of nitrogens with one attached hydrogen (secondary N) is 1. The van der Waals surface area contributed by atoms with Crippen molar-refractivity contribution in [1.82, 2.24) is 10.5 Å². The summed E-state index contributed by atoms with van der Waals surface area (Å²) < 4.78 is 18.9. The maximum Gasteiger partial charge on any atom is 0.229 e. The monoisotopic (exact) mass is 443 g/mol. The van der Waals surface area contributed by atoms with Gasteiger partial charge in [-0.25, -0.2) is 4.39 Å². The zero-order chi connectivity index (χ0) is 22.9. The third kappa shape index (κ3) is 3.86. The van der Waals surface area contributed by atoms with Crippen LogP contribution in [0.25, 0.3) is 22.2 Å². The van der Waals surface area contributed by atoms with Crippen LogP contribution in [-0.4, -0.2) is 23.0 Å². The number of halogens is 1. The molecule has 1 aliphatic rings. The number of carbonyl (C=O) groups excluding carboxylic acids is 2. The van der Waals surface area contributed by atoms with Gasteiger partial charge in [-0.15, -0.1) is 0 Å². The van der Waals surface area contributed by atoms with E-state index in [1.165, 1.54) is 12.1 Å². The highest BCUT2D eigenvalue weighted by molar-refractivity contribution is 6.01. The number of hydrogen-bond donors (Lipinski definition) is 1. The first-order valence-corrected chi connectivity index (χ1v) is 10.9. The van der Waals surface area contributed by atoms with Gasteiger partial charge in [0.2, 0.25) is 11.8 Å². The first-order valence-electron chi connectivity index (χ1n) is 10.9. The molecule has 6 nitrogen and oxygen atoms in total. The van der Waals surface area contributed by atoms with Crippen LogP contribution < -0.4 is 10.2 Å². The van der Waals surface area contributed by atoms with Gasteiger partial charge in [-0.3, -0.25) is 9.59 Å². The molecule has 2 amide bonds. The quantitative estimate of drug-likeness (QED) is 0.471. The lowest BCUT2D eigenvalue weighted by atomic mass is 9.99. The average molecular weight is 443 g/mol. The summed E-state index contributed by atoms with van der Waals surface area (Å²) in [6.07, 6.45) is 0.558. The van der Waals surface area contributed by atoms with Crippen LogP contribution in [0.4, 0.5) is 10.1 Å². The lowest BCUT2D eigenvalue weighted by Gasteiger charge is -2.29. The Morgan fingerprint density at radius 1 is 1.12 bits per heavy atom. The Kier molecular flexibility index (Phi) is 5.38. The van der Waals surface area contributed by atoms with E-state index in [9.17, 15) is 14.0 Å². The number of nitrogens with zero attached hydrogens (tertiary/aromatic N) is 2. The smallest absolute Gasteiger partial charge is 0.229 e. The zero-order valence-corrected chi connectivity index (χ0v) is 18.0. The molecule has 1 fully saturated rings. The van der Waals surface area contributed by atoms with Gasteiger partial charge in [-0.2, -0.15) is 0 Å². The molecule has 1 saturated heterocycles. The van der Waals surface area contributed by atoms with Gasteiger partial charge < -0.3 is 14.7 Å². The minimum atomic E-state index is -0.342. The van der Waals surface area contributed by atoms with Crippen molar-refractivity contribution in [3.63, 3.8) is 0 Å². The molecule has 166 valence electrons. The van der Waals surface area contributed by atoms with E-state index < -0.39 is 0 Å². The predicted octanol–water partition coefficient (Wildman–Crippen LogP) is 5.01. The summed E-state index contributed by atoms with van der Waals surface area (Å²) in [4.78, 5) is 27.0. The third-order valence-electron chi connectivity index (χ3n) is 5.98. The Morgan fingerprint density at radius 3 is 2.61 bits per heavy atom. The van der Waals surface area contributed by atoms with Gasteiger partial charge in [0.1, 0.15) is 11.5 Å². The topological polar surface area (TPSA) is 75.4 Å². The molecule has 2 atom stereocenters. The van der Waals surface area contributed by atoms with Gasteiger partial charge in [-0.05, 0) is 42.0 Å². The molecule has 1 aromatic heterocycles. The number of aromatic nitrogens is 1. The molecule has 2 heterocycles. The molecule has 33 heavy (non-hydrogen) atoms. The largest absolute Gasteiger partial charge is 0.356 e. The van der Waals surface area contributed by atoms with Gasteiger partial charge in [0.05, 0.1) is 12.1 Å². The zero-order valence-electron chi connectivity index (χ0n) is 18.0. The highest BCUT2D eigenvalue weighted by Crippen LogP contribution is 2.39. The van der Waals surface area contributed by atoms with Crippen molar-refractivity contribution in [2.75, 3.05) is 4.90 Å². The molecule has 3 aromatic carbocycles. The molecule has 0 radical (unpaired) electrons. The third-order valence-corrected chi connectivity index (χ3v) is 5.98. The molecular formula is C26H22FN3O3. The molecule has 2 unspecified atom stereocenters. The maximum absolute atomic E-state index is 13.3. The average Bonchev–Trinajstić information content (AvgIpc) is 3.40. The van der Waals surface area contributed by atoms with E-state index in [4.69, 9.17) is 4.52 Å². The molecule has 7 heteroatoms. The first kappa shape index (κ1) is 20.9. The van der Waals surface area contributed by atoms with Crippen LogP contribution >= 0.6 is 0 Å². The van der Waals surface area contributed by atoms with Crippen molar-refractivity contribution in [3.8, 4) is 11.3 Å². The van der Waals surface area contributed by atoms with Crippen LogP contribution in [0, 0.1) is 5.82 Å². The summed E-state index contributed by atoms with van der Waals surface area (Å²) in [6.45, 7) is 1.79. The predicted molar refractivity (Wildman–Crippen MR) is 123 cm³/mol. The number of amides is 2. The fourth-order valence-electron chi connectivity index (χ4n) is 4.40. The van der Waals surface area contributed by atoms with Gasteiger partial charge >= 0.3 is 0 Å². The Hall–Kier alpha value is -4.00. The van der Waals surface area contributed by atoms with Gasteiger partial charge in [0.15, 0.2) is 5.58 Å². The molecular weight excluding hydrogens is 421 g/mol. The first-order chi connectivity index (χ1) is 16.0. The lowest BCUT2D eigenvalue weighted by molar-refractivity contribution is -0.121. The van der Waals surface area contributed by atoms with E-state index in [-0.39, 0.29) is 36.1 Å². The fourth-order valence-corrected chi connectivity index (χ4v) is 4.40. The second kappa shape index (κ2) is 8.50. The van der Waals surface area contributed by atoms with Crippen molar-refractivity contribution in [3.05, 3.63) is 84.2 Å². The lowest BCUT2D eigenvalue weighted by Crippen LogP contribution is -2.39. The van der Waals surface area contributed by atoms with E-state index in [0.29, 0.717) is 23.4 Å². The highest BCUT2D eigenvalue weighted by atomic mass is 19.1. The van der Waals surface area contributed by atoms with Crippen molar-refractivity contribution >= 4 is 28.5 Å². The summed E-state index contributed by atoms with van der Waals surface area (Å²) in [5.41, 5.74) is 3.47. The number of carbonyl (C=O) groups is 2. The molecule has 0 bridgehead atoms. The van der Waals surface area contributed by atoms with Crippen molar-refractivity contribution in [2.24, 2.45) is 0 Å². The number of rotatable bonds is 5. The Morgan fingerprint density at radius 2 is 1.88 bits per heavy atom. The van der Waals surface area contributed by atoms with E-state index in [2.05, 4.69) is 10.5 Å². The second-order valence-electron chi connectivity index (χ2n) is 8.07. The summed E-state index contributed by atoms with van der Waals surface area (Å²) in [5, 5.41) is 7.94. The summed E-state index contributed by atoms with van der Waals surface area (Å²) in [7, 11) is 0. The maximum atomic E-state index is 13.3. The van der Waals surface area contributed by atoms with Gasteiger partial charge in [-0.1, -0.05) is 42.4 Å². The summed E-state index contributed by atoms with van der Waals surface area (Å²) in [5.74, 6) is -0.494. The van der Waals surface area contributed by atoms with E-state index >= 15 is 0 Å². The van der Waals surface area contributed by atoms with E-state index in [1.54, 1.807) is 30.0 Å². The Labute approximate surface area is 190 Å². The van der Waals surface area contributed by atoms with Crippen LogP contribution in [0.15, 0.2) is 77.3 Å². The Balaban J connectivity index is 1.54. The molecule has 5 rings (SSSR count). The molecule has 0 saturated carbocycles. The number of anilines is 1.